The third-order valence-corrected chi connectivity index (χ3v) is 2.73. The van der Waals surface area contributed by atoms with Crippen molar-refractivity contribution in [2.75, 3.05) is 0 Å². The third kappa shape index (κ3) is 2.61. The van der Waals surface area contributed by atoms with Crippen LogP contribution in [-0.4, -0.2) is 47.5 Å². The minimum Gasteiger partial charge on any atom is -0.480 e. The van der Waals surface area contributed by atoms with E-state index in [4.69, 9.17) is 5.11 Å². The molecule has 2 unspecified atom stereocenters. The number of amidine groups is 2. The Morgan fingerprint density at radius 1 is 1.67 bits per heavy atom. The van der Waals surface area contributed by atoms with Crippen molar-refractivity contribution in [2.24, 2.45) is 20.0 Å². The Balaban J connectivity index is 2.16. The first kappa shape index (κ1) is 12.4. The molecule has 0 aromatic heterocycles. The van der Waals surface area contributed by atoms with Gasteiger partial charge in [-0.15, -0.1) is 0 Å². The Hall–Kier alpha value is -2.05. The highest BCUT2D eigenvalue weighted by Crippen LogP contribution is 2.11. The summed E-state index contributed by atoms with van der Waals surface area (Å²) in [5.74, 6) is 0.123. The summed E-state index contributed by atoms with van der Waals surface area (Å²) >= 11 is 0. The van der Waals surface area contributed by atoms with E-state index in [0.29, 0.717) is 18.1 Å². The topological polar surface area (TPSA) is 98.8 Å². The Labute approximate surface area is 104 Å². The van der Waals surface area contributed by atoms with Crippen molar-refractivity contribution in [1.82, 2.24) is 5.32 Å². The van der Waals surface area contributed by atoms with Gasteiger partial charge in [-0.2, -0.15) is 0 Å². The van der Waals surface area contributed by atoms with E-state index in [1.165, 1.54) is 12.7 Å². The number of rotatable bonds is 5. The number of carboxylic acids is 1. The number of unbranched alkanes of at least 4 members (excludes halogenated alkanes) is 1. The van der Waals surface area contributed by atoms with Gasteiger partial charge < -0.3 is 10.4 Å². The van der Waals surface area contributed by atoms with Crippen molar-refractivity contribution in [2.45, 2.75) is 38.3 Å². The van der Waals surface area contributed by atoms with Crippen LogP contribution in [0.4, 0.5) is 0 Å². The highest BCUT2D eigenvalue weighted by atomic mass is 16.4. The summed E-state index contributed by atoms with van der Waals surface area (Å²) in [6.07, 6.45) is 5.17. The lowest BCUT2D eigenvalue weighted by Gasteiger charge is -2.16. The van der Waals surface area contributed by atoms with Crippen LogP contribution in [0.2, 0.25) is 0 Å². The number of carbonyl (C=O) groups is 1. The summed E-state index contributed by atoms with van der Waals surface area (Å²) < 4.78 is 0. The Morgan fingerprint density at radius 3 is 3.22 bits per heavy atom. The first-order valence-corrected chi connectivity index (χ1v) is 5.91. The van der Waals surface area contributed by atoms with E-state index in [9.17, 15) is 4.79 Å². The maximum Gasteiger partial charge on any atom is 0.328 e. The van der Waals surface area contributed by atoms with E-state index in [1.54, 1.807) is 0 Å². The summed E-state index contributed by atoms with van der Waals surface area (Å²) in [7, 11) is 0. The molecule has 0 fully saturated rings. The zero-order chi connectivity index (χ0) is 13.0. The lowest BCUT2D eigenvalue weighted by atomic mass is 10.1. The number of nitrogens with zero attached hydrogens (tertiary/aromatic N) is 4. The van der Waals surface area contributed by atoms with Crippen molar-refractivity contribution in [3.05, 3.63) is 0 Å². The van der Waals surface area contributed by atoms with Crippen LogP contribution < -0.4 is 5.32 Å². The largest absolute Gasteiger partial charge is 0.480 e. The first-order chi connectivity index (χ1) is 8.72. The smallest absolute Gasteiger partial charge is 0.328 e. The molecule has 18 heavy (non-hydrogen) atoms. The van der Waals surface area contributed by atoms with Crippen molar-refractivity contribution in [3.63, 3.8) is 0 Å². The molecule has 2 heterocycles. The van der Waals surface area contributed by atoms with Gasteiger partial charge in [0.05, 0.1) is 6.34 Å². The molecule has 2 N–H and O–H groups in total. The molecule has 0 aromatic carbocycles. The average molecular weight is 249 g/mol. The van der Waals surface area contributed by atoms with Gasteiger partial charge in [0.2, 0.25) is 0 Å². The van der Waals surface area contributed by atoms with Crippen LogP contribution >= 0.6 is 0 Å². The SMILES string of the molecule is CCCCC(N=C1N=CNC2=NC=NC12)C(=O)O. The molecule has 0 radical (unpaired) electrons. The number of aliphatic carboxylic acids is 1. The minimum atomic E-state index is -0.926. The number of nitrogens with one attached hydrogen (secondary N) is 1. The highest BCUT2D eigenvalue weighted by molar-refractivity contribution is 6.21. The van der Waals surface area contributed by atoms with Crippen molar-refractivity contribution >= 4 is 30.3 Å². The van der Waals surface area contributed by atoms with Crippen LogP contribution in [-0.2, 0) is 4.79 Å². The fourth-order valence-corrected chi connectivity index (χ4v) is 1.75. The van der Waals surface area contributed by atoms with E-state index < -0.39 is 12.0 Å². The molecule has 0 saturated heterocycles. The van der Waals surface area contributed by atoms with Gasteiger partial charge in [0.1, 0.15) is 18.2 Å². The van der Waals surface area contributed by atoms with E-state index in [2.05, 4.69) is 25.3 Å². The number of hydrogen-bond acceptors (Lipinski definition) is 5. The number of fused-ring (bicyclic) bond motifs is 1. The van der Waals surface area contributed by atoms with E-state index in [-0.39, 0.29) is 6.04 Å². The van der Waals surface area contributed by atoms with Gasteiger partial charge in [0, 0.05) is 0 Å². The second-order valence-corrected chi connectivity index (χ2v) is 4.07. The number of carboxylic acid groups (broad SMARTS) is 1. The molecule has 2 rings (SSSR count). The number of hydrogen-bond donors (Lipinski definition) is 2. The van der Waals surface area contributed by atoms with Crippen LogP contribution in [0.15, 0.2) is 20.0 Å². The lowest BCUT2D eigenvalue weighted by Crippen LogP contribution is -2.41. The van der Waals surface area contributed by atoms with Crippen molar-refractivity contribution in [1.29, 1.82) is 0 Å². The second-order valence-electron chi connectivity index (χ2n) is 4.07. The molecule has 7 heteroatoms. The molecule has 0 aromatic rings. The van der Waals surface area contributed by atoms with Gasteiger partial charge in [0.15, 0.2) is 11.9 Å². The fourth-order valence-electron chi connectivity index (χ4n) is 1.75. The van der Waals surface area contributed by atoms with Gasteiger partial charge >= 0.3 is 5.97 Å². The fraction of sp³-hybridized carbons (Fsp3) is 0.545. The van der Waals surface area contributed by atoms with Crippen LogP contribution in [0.1, 0.15) is 26.2 Å². The summed E-state index contributed by atoms with van der Waals surface area (Å²) in [6.45, 7) is 2.01. The summed E-state index contributed by atoms with van der Waals surface area (Å²) in [5.41, 5.74) is 0. The first-order valence-electron chi connectivity index (χ1n) is 5.91. The normalized spacial score (nSPS) is 24.6. The van der Waals surface area contributed by atoms with Crippen LogP contribution in [0.5, 0.6) is 0 Å². The molecule has 0 aliphatic carbocycles. The molecule has 0 spiro atoms. The maximum atomic E-state index is 11.1. The predicted molar refractivity (Wildman–Crippen MR) is 69.7 cm³/mol. The highest BCUT2D eigenvalue weighted by Gasteiger charge is 2.28. The molecule has 0 amide bonds. The van der Waals surface area contributed by atoms with Crippen molar-refractivity contribution in [3.8, 4) is 0 Å². The number of aliphatic imine (C=N–C) groups is 4. The van der Waals surface area contributed by atoms with Gasteiger partial charge in [-0.25, -0.2) is 14.8 Å². The van der Waals surface area contributed by atoms with E-state index >= 15 is 0 Å². The van der Waals surface area contributed by atoms with Crippen LogP contribution in [0.3, 0.4) is 0 Å². The monoisotopic (exact) mass is 249 g/mol. The zero-order valence-corrected chi connectivity index (χ0v) is 10.1. The molecule has 7 nitrogen and oxygen atoms in total. The molecular weight excluding hydrogens is 234 g/mol. The average Bonchev–Trinajstić information content (AvgIpc) is 2.83. The van der Waals surface area contributed by atoms with E-state index in [0.717, 1.165) is 12.8 Å². The molecular formula is C11H15N5O2. The Bertz CT molecular complexity index is 452. The second kappa shape index (κ2) is 5.52. The summed E-state index contributed by atoms with van der Waals surface area (Å²) in [4.78, 5) is 27.5. The lowest BCUT2D eigenvalue weighted by molar-refractivity contribution is -0.138. The predicted octanol–water partition coefficient (Wildman–Crippen LogP) is 0.469. The van der Waals surface area contributed by atoms with Crippen LogP contribution in [0.25, 0.3) is 0 Å². The molecule has 0 saturated carbocycles. The van der Waals surface area contributed by atoms with Crippen LogP contribution in [0, 0.1) is 0 Å². The zero-order valence-electron chi connectivity index (χ0n) is 10.1. The quantitative estimate of drug-likeness (QED) is 0.740. The van der Waals surface area contributed by atoms with Gasteiger partial charge in [-0.1, -0.05) is 19.8 Å². The van der Waals surface area contributed by atoms with Crippen molar-refractivity contribution < 1.29 is 9.90 Å². The summed E-state index contributed by atoms with van der Waals surface area (Å²) in [6, 6.07) is -1.13. The Kier molecular flexibility index (Phi) is 3.81. The summed E-state index contributed by atoms with van der Waals surface area (Å²) in [5, 5.41) is 12.0. The Morgan fingerprint density at radius 2 is 2.50 bits per heavy atom. The molecule has 96 valence electrons. The maximum absolute atomic E-state index is 11.1. The molecule has 2 aliphatic heterocycles. The third-order valence-electron chi connectivity index (χ3n) is 2.73. The van der Waals surface area contributed by atoms with E-state index in [1.807, 2.05) is 6.92 Å². The molecule has 2 aliphatic rings. The van der Waals surface area contributed by atoms with Gasteiger partial charge in [-0.3, -0.25) is 9.98 Å². The molecule has 2 atom stereocenters. The molecule has 0 bridgehead atoms. The standard InChI is InChI=1S/C11H15N5O2/c1-2-3-4-7(11(17)18)16-10-8-9(13-5-12-8)14-6-15-10/h5-8H,2-4H2,1H3,(H,17,18)(H,12,13,14,15,16). The minimum absolute atomic E-state index is 0.376. The van der Waals surface area contributed by atoms with Gasteiger partial charge in [0.25, 0.3) is 0 Å². The van der Waals surface area contributed by atoms with Gasteiger partial charge in [-0.05, 0) is 6.42 Å².